The highest BCUT2D eigenvalue weighted by Crippen LogP contribution is 2.38. The molecule has 1 aromatic heterocycles. The van der Waals surface area contributed by atoms with Gasteiger partial charge in [-0.15, -0.1) is 11.3 Å². The van der Waals surface area contributed by atoms with Gasteiger partial charge in [0.05, 0.1) is 19.6 Å². The molecule has 1 amide bonds. The van der Waals surface area contributed by atoms with E-state index < -0.39 is 5.97 Å². The van der Waals surface area contributed by atoms with Crippen LogP contribution < -0.4 is 4.74 Å². The molecular formula is C18H19NO4S. The van der Waals surface area contributed by atoms with Crippen molar-refractivity contribution in [1.82, 2.24) is 4.90 Å². The third-order valence-electron chi connectivity index (χ3n) is 4.27. The highest BCUT2D eigenvalue weighted by molar-refractivity contribution is 7.10. The molecule has 1 aliphatic rings. The zero-order chi connectivity index (χ0) is 17.1. The van der Waals surface area contributed by atoms with Crippen LogP contribution in [0.2, 0.25) is 0 Å². The number of carboxylic acid groups (broad SMARTS) is 1. The van der Waals surface area contributed by atoms with Crippen molar-refractivity contribution in [2.24, 2.45) is 0 Å². The molecule has 1 N–H and O–H groups in total. The molecule has 126 valence electrons. The van der Waals surface area contributed by atoms with Crippen LogP contribution in [0.4, 0.5) is 0 Å². The molecule has 0 fully saturated rings. The summed E-state index contributed by atoms with van der Waals surface area (Å²) in [5.41, 5.74) is 2.15. The van der Waals surface area contributed by atoms with E-state index in [1.54, 1.807) is 23.3 Å². The van der Waals surface area contributed by atoms with Gasteiger partial charge in [-0.25, -0.2) is 0 Å². The number of carbonyl (C=O) groups is 2. The van der Waals surface area contributed by atoms with E-state index in [2.05, 4.69) is 6.07 Å². The molecule has 0 saturated carbocycles. The number of rotatable bonds is 5. The van der Waals surface area contributed by atoms with Crippen LogP contribution in [0.3, 0.4) is 0 Å². The van der Waals surface area contributed by atoms with E-state index in [1.165, 1.54) is 4.88 Å². The van der Waals surface area contributed by atoms with Crippen LogP contribution in [0.5, 0.6) is 5.75 Å². The Balaban J connectivity index is 1.92. The number of methoxy groups -OCH3 is 1. The molecule has 0 radical (unpaired) electrons. The maximum atomic E-state index is 12.6. The number of thiophene rings is 1. The first-order chi connectivity index (χ1) is 11.6. The maximum Gasteiger partial charge on any atom is 0.303 e. The van der Waals surface area contributed by atoms with Crippen molar-refractivity contribution in [2.45, 2.75) is 25.3 Å². The molecular weight excluding hydrogens is 326 g/mol. The highest BCUT2D eigenvalue weighted by Gasteiger charge is 2.32. The number of ether oxygens (including phenoxy) is 1. The van der Waals surface area contributed by atoms with Crippen LogP contribution in [0.1, 0.15) is 34.9 Å². The summed E-state index contributed by atoms with van der Waals surface area (Å²) < 4.78 is 5.21. The summed E-state index contributed by atoms with van der Waals surface area (Å²) in [6.45, 7) is 0.614. The Morgan fingerprint density at radius 3 is 2.67 bits per heavy atom. The number of nitrogens with zero attached hydrogens (tertiary/aromatic N) is 1. The van der Waals surface area contributed by atoms with Crippen molar-refractivity contribution < 1.29 is 19.4 Å². The molecule has 1 unspecified atom stereocenters. The van der Waals surface area contributed by atoms with Gasteiger partial charge in [-0.1, -0.05) is 12.1 Å². The van der Waals surface area contributed by atoms with Gasteiger partial charge in [0.2, 0.25) is 5.91 Å². The first-order valence-electron chi connectivity index (χ1n) is 7.81. The fourth-order valence-corrected chi connectivity index (χ4v) is 3.99. The summed E-state index contributed by atoms with van der Waals surface area (Å²) >= 11 is 1.71. The minimum atomic E-state index is -0.947. The molecule has 0 saturated heterocycles. The molecule has 6 heteroatoms. The van der Waals surface area contributed by atoms with Crippen LogP contribution in [0, 0.1) is 0 Å². The third-order valence-corrected chi connectivity index (χ3v) is 5.27. The van der Waals surface area contributed by atoms with Crippen molar-refractivity contribution in [2.75, 3.05) is 13.7 Å². The Bertz CT molecular complexity index is 738. The Hall–Kier alpha value is -2.34. The van der Waals surface area contributed by atoms with Crippen molar-refractivity contribution in [3.05, 3.63) is 51.7 Å². The average molecular weight is 345 g/mol. The number of benzene rings is 1. The molecule has 0 aliphatic carbocycles. The molecule has 2 aromatic rings. The van der Waals surface area contributed by atoms with E-state index in [0.717, 1.165) is 23.3 Å². The topological polar surface area (TPSA) is 66.8 Å². The van der Waals surface area contributed by atoms with Crippen LogP contribution in [-0.2, 0) is 16.0 Å². The number of carboxylic acids is 1. The molecule has 1 aliphatic heterocycles. The lowest BCUT2D eigenvalue weighted by atomic mass is 9.93. The quantitative estimate of drug-likeness (QED) is 0.904. The zero-order valence-electron chi connectivity index (χ0n) is 13.4. The average Bonchev–Trinajstić information content (AvgIpc) is 3.07. The number of fused-ring (bicyclic) bond motifs is 1. The van der Waals surface area contributed by atoms with Gasteiger partial charge in [0.15, 0.2) is 0 Å². The van der Waals surface area contributed by atoms with Gasteiger partial charge in [-0.2, -0.15) is 0 Å². The Kier molecular flexibility index (Phi) is 4.85. The Labute approximate surface area is 144 Å². The maximum absolute atomic E-state index is 12.6. The van der Waals surface area contributed by atoms with Gasteiger partial charge >= 0.3 is 5.97 Å². The fraction of sp³-hybridized carbons (Fsp3) is 0.333. The first-order valence-corrected chi connectivity index (χ1v) is 8.69. The normalized spacial score (nSPS) is 16.5. The minimum absolute atomic E-state index is 0.0292. The highest BCUT2D eigenvalue weighted by atomic mass is 32.1. The van der Waals surface area contributed by atoms with Gasteiger partial charge in [0.25, 0.3) is 0 Å². The number of hydrogen-bond donors (Lipinski definition) is 1. The standard InChI is InChI=1S/C18H19NO4S/c1-23-13-4-2-12(3-5-13)18-14-9-11-24-15(14)8-10-19(18)16(20)6-7-17(21)22/h2-5,9,11,18H,6-8,10H2,1H3,(H,21,22). The van der Waals surface area contributed by atoms with E-state index in [0.29, 0.717) is 6.54 Å². The smallest absolute Gasteiger partial charge is 0.303 e. The number of hydrogen-bond acceptors (Lipinski definition) is 4. The van der Waals surface area contributed by atoms with E-state index >= 15 is 0 Å². The third kappa shape index (κ3) is 3.28. The predicted octanol–water partition coefficient (Wildman–Crippen LogP) is 3.10. The number of carbonyl (C=O) groups excluding carboxylic acids is 1. The lowest BCUT2D eigenvalue weighted by Gasteiger charge is -2.36. The molecule has 5 nitrogen and oxygen atoms in total. The SMILES string of the molecule is COc1ccc(C2c3ccsc3CCN2C(=O)CCC(=O)O)cc1. The van der Waals surface area contributed by atoms with Crippen molar-refractivity contribution in [3.8, 4) is 5.75 Å². The zero-order valence-corrected chi connectivity index (χ0v) is 14.2. The molecule has 3 rings (SSSR count). The van der Waals surface area contributed by atoms with Gasteiger partial charge in [-0.05, 0) is 41.1 Å². The van der Waals surface area contributed by atoms with Crippen molar-refractivity contribution >= 4 is 23.2 Å². The second-order valence-electron chi connectivity index (χ2n) is 5.71. The molecule has 2 heterocycles. The molecule has 1 atom stereocenters. The van der Waals surface area contributed by atoms with Gasteiger partial charge in [0, 0.05) is 17.8 Å². The van der Waals surface area contributed by atoms with Crippen LogP contribution in [0.15, 0.2) is 35.7 Å². The number of aliphatic carboxylic acids is 1. The van der Waals surface area contributed by atoms with E-state index in [1.807, 2.05) is 29.6 Å². The molecule has 1 aromatic carbocycles. The van der Waals surface area contributed by atoms with Crippen LogP contribution in [0.25, 0.3) is 0 Å². The van der Waals surface area contributed by atoms with Crippen LogP contribution in [-0.4, -0.2) is 35.5 Å². The predicted molar refractivity (Wildman–Crippen MR) is 91.4 cm³/mol. The van der Waals surface area contributed by atoms with Gasteiger partial charge in [0.1, 0.15) is 5.75 Å². The summed E-state index contributed by atoms with van der Waals surface area (Å²) in [6, 6.07) is 9.60. The largest absolute Gasteiger partial charge is 0.497 e. The molecule has 0 spiro atoms. The first kappa shape index (κ1) is 16.5. The molecule has 0 bridgehead atoms. The monoisotopic (exact) mass is 345 g/mol. The van der Waals surface area contributed by atoms with E-state index in [4.69, 9.17) is 9.84 Å². The summed E-state index contributed by atoms with van der Waals surface area (Å²) in [5, 5.41) is 10.9. The summed E-state index contributed by atoms with van der Waals surface area (Å²) in [5.74, 6) is -0.295. The summed E-state index contributed by atoms with van der Waals surface area (Å²) in [4.78, 5) is 26.5. The van der Waals surface area contributed by atoms with Crippen LogP contribution >= 0.6 is 11.3 Å². The minimum Gasteiger partial charge on any atom is -0.497 e. The Morgan fingerprint density at radius 2 is 2.00 bits per heavy atom. The second kappa shape index (κ2) is 7.05. The Morgan fingerprint density at radius 1 is 1.25 bits per heavy atom. The fourth-order valence-electron chi connectivity index (χ4n) is 3.09. The van der Waals surface area contributed by atoms with Gasteiger partial charge in [-0.3, -0.25) is 9.59 Å². The second-order valence-corrected chi connectivity index (χ2v) is 6.71. The van der Waals surface area contributed by atoms with Gasteiger partial charge < -0.3 is 14.7 Å². The number of amides is 1. The lowest BCUT2D eigenvalue weighted by Crippen LogP contribution is -2.40. The molecule has 24 heavy (non-hydrogen) atoms. The van der Waals surface area contributed by atoms with E-state index in [9.17, 15) is 9.59 Å². The summed E-state index contributed by atoms with van der Waals surface area (Å²) in [7, 11) is 1.62. The van der Waals surface area contributed by atoms with E-state index in [-0.39, 0.29) is 24.8 Å². The summed E-state index contributed by atoms with van der Waals surface area (Å²) in [6.07, 6.45) is 0.709. The van der Waals surface area contributed by atoms with Crippen molar-refractivity contribution in [3.63, 3.8) is 0 Å². The lowest BCUT2D eigenvalue weighted by molar-refractivity contribution is -0.141. The van der Waals surface area contributed by atoms with Crippen molar-refractivity contribution in [1.29, 1.82) is 0 Å².